The third kappa shape index (κ3) is 6.78. The molecule has 2 aromatic carbocycles. The van der Waals surface area contributed by atoms with Crippen LogP contribution in [0.15, 0.2) is 54.6 Å². The molecule has 9 heteroatoms. The number of primary amides is 1. The molecule has 2 aromatic rings. The highest BCUT2D eigenvalue weighted by molar-refractivity contribution is 5.91. The van der Waals surface area contributed by atoms with E-state index in [1.54, 1.807) is 48.5 Å². The van der Waals surface area contributed by atoms with Gasteiger partial charge in [-0.1, -0.05) is 48.5 Å². The second kappa shape index (κ2) is 11.4. The Morgan fingerprint density at radius 2 is 1.67 bits per heavy atom. The standard InChI is InChI=1S/C21H25N3O6/c1-29-18-10-6-5-9-15(18)11-16(19(22)26)23-20(27)17(12-25)24-21(28)30-13-14-7-3-2-4-8-14/h2-10,16-17,25H,11-13H2,1H3,(H2,22,26)(H,23,27)(H,24,28)/t16-,17+/m1/s1. The van der Waals surface area contributed by atoms with Gasteiger partial charge in [0.25, 0.3) is 0 Å². The number of alkyl carbamates (subject to hydrolysis) is 1. The number of methoxy groups -OCH3 is 1. The Balaban J connectivity index is 1.95. The van der Waals surface area contributed by atoms with E-state index in [0.717, 1.165) is 5.56 Å². The minimum Gasteiger partial charge on any atom is -0.496 e. The molecule has 5 N–H and O–H groups in total. The fourth-order valence-electron chi connectivity index (χ4n) is 2.69. The molecule has 0 unspecified atom stereocenters. The highest BCUT2D eigenvalue weighted by Crippen LogP contribution is 2.19. The summed E-state index contributed by atoms with van der Waals surface area (Å²) in [7, 11) is 1.49. The van der Waals surface area contributed by atoms with Crippen LogP contribution in [-0.4, -0.2) is 48.8 Å². The molecule has 0 aliphatic carbocycles. The van der Waals surface area contributed by atoms with Gasteiger partial charge in [0.1, 0.15) is 24.4 Å². The fourth-order valence-corrected chi connectivity index (χ4v) is 2.69. The maximum absolute atomic E-state index is 12.5. The number of aliphatic hydroxyl groups is 1. The van der Waals surface area contributed by atoms with Crippen LogP contribution >= 0.6 is 0 Å². The van der Waals surface area contributed by atoms with E-state index in [1.165, 1.54) is 7.11 Å². The number of hydrogen-bond donors (Lipinski definition) is 4. The van der Waals surface area contributed by atoms with Crippen LogP contribution in [0.5, 0.6) is 5.75 Å². The van der Waals surface area contributed by atoms with Gasteiger partial charge >= 0.3 is 6.09 Å². The van der Waals surface area contributed by atoms with Crippen molar-refractivity contribution in [2.24, 2.45) is 5.73 Å². The molecule has 0 fully saturated rings. The molecule has 0 bridgehead atoms. The Kier molecular flexibility index (Phi) is 8.64. The van der Waals surface area contributed by atoms with E-state index in [4.69, 9.17) is 15.2 Å². The van der Waals surface area contributed by atoms with Crippen LogP contribution in [0.25, 0.3) is 0 Å². The molecule has 0 radical (unpaired) electrons. The molecule has 0 spiro atoms. The first-order valence-electron chi connectivity index (χ1n) is 9.24. The molecule has 0 saturated heterocycles. The molecular weight excluding hydrogens is 390 g/mol. The van der Waals surface area contributed by atoms with Gasteiger partial charge in [-0.15, -0.1) is 0 Å². The van der Waals surface area contributed by atoms with E-state index in [-0.39, 0.29) is 13.0 Å². The topological polar surface area (TPSA) is 140 Å². The van der Waals surface area contributed by atoms with Crippen molar-refractivity contribution in [1.29, 1.82) is 0 Å². The monoisotopic (exact) mass is 415 g/mol. The van der Waals surface area contributed by atoms with E-state index in [0.29, 0.717) is 11.3 Å². The van der Waals surface area contributed by atoms with Gasteiger partial charge in [0, 0.05) is 6.42 Å². The third-order valence-electron chi connectivity index (χ3n) is 4.28. The quantitative estimate of drug-likeness (QED) is 0.445. The molecule has 0 aliphatic heterocycles. The first kappa shape index (κ1) is 22.7. The molecule has 0 heterocycles. The molecule has 0 saturated carbocycles. The number of nitrogens with one attached hydrogen (secondary N) is 2. The van der Waals surface area contributed by atoms with Crippen molar-refractivity contribution >= 4 is 17.9 Å². The van der Waals surface area contributed by atoms with Crippen LogP contribution in [0.4, 0.5) is 4.79 Å². The van der Waals surface area contributed by atoms with Gasteiger partial charge in [-0.25, -0.2) is 4.79 Å². The highest BCUT2D eigenvalue weighted by Gasteiger charge is 2.26. The Bertz CT molecular complexity index is 859. The highest BCUT2D eigenvalue weighted by atomic mass is 16.5. The van der Waals surface area contributed by atoms with Crippen molar-refractivity contribution in [3.05, 3.63) is 65.7 Å². The molecule has 3 amide bonds. The number of benzene rings is 2. The maximum atomic E-state index is 12.5. The van der Waals surface area contributed by atoms with Crippen LogP contribution in [-0.2, 0) is 27.4 Å². The largest absolute Gasteiger partial charge is 0.496 e. The van der Waals surface area contributed by atoms with Gasteiger partial charge in [0.2, 0.25) is 11.8 Å². The Morgan fingerprint density at radius 1 is 1.00 bits per heavy atom. The summed E-state index contributed by atoms with van der Waals surface area (Å²) in [5.74, 6) is -0.996. The number of carbonyl (C=O) groups is 3. The van der Waals surface area contributed by atoms with Crippen LogP contribution < -0.4 is 21.1 Å². The molecule has 9 nitrogen and oxygen atoms in total. The van der Waals surface area contributed by atoms with Crippen LogP contribution in [0, 0.1) is 0 Å². The molecular formula is C21H25N3O6. The minimum atomic E-state index is -1.31. The average molecular weight is 415 g/mol. The Morgan fingerprint density at radius 3 is 2.30 bits per heavy atom. The van der Waals surface area contributed by atoms with Gasteiger partial charge in [-0.2, -0.15) is 0 Å². The van der Waals surface area contributed by atoms with Crippen molar-refractivity contribution in [2.45, 2.75) is 25.1 Å². The smallest absolute Gasteiger partial charge is 0.408 e. The number of ether oxygens (including phenoxy) is 2. The van der Waals surface area contributed by atoms with E-state index in [2.05, 4.69) is 10.6 Å². The SMILES string of the molecule is COc1ccccc1C[C@@H](NC(=O)[C@H](CO)NC(=O)OCc1ccccc1)C(N)=O. The van der Waals surface area contributed by atoms with E-state index < -0.39 is 36.6 Å². The molecule has 2 atom stereocenters. The van der Waals surface area contributed by atoms with Gasteiger partial charge in [0.05, 0.1) is 13.7 Å². The number of nitrogens with two attached hydrogens (primary N) is 1. The Hall–Kier alpha value is -3.59. The lowest BCUT2D eigenvalue weighted by atomic mass is 10.0. The molecule has 0 aromatic heterocycles. The second-order valence-electron chi connectivity index (χ2n) is 6.42. The zero-order valence-electron chi connectivity index (χ0n) is 16.5. The number of carbonyl (C=O) groups excluding carboxylic acids is 3. The lowest BCUT2D eigenvalue weighted by Crippen LogP contribution is -2.54. The van der Waals surface area contributed by atoms with Crippen molar-refractivity contribution < 1.29 is 29.0 Å². The number of amides is 3. The first-order chi connectivity index (χ1) is 14.4. The van der Waals surface area contributed by atoms with E-state index in [1.807, 2.05) is 6.07 Å². The summed E-state index contributed by atoms with van der Waals surface area (Å²) in [4.78, 5) is 36.2. The molecule has 30 heavy (non-hydrogen) atoms. The molecule has 2 rings (SSSR count). The number of aliphatic hydroxyl groups excluding tert-OH is 1. The summed E-state index contributed by atoms with van der Waals surface area (Å²) in [6, 6.07) is 13.6. The predicted molar refractivity (Wildman–Crippen MR) is 108 cm³/mol. The number of hydrogen-bond acceptors (Lipinski definition) is 6. The first-order valence-corrected chi connectivity index (χ1v) is 9.24. The summed E-state index contributed by atoms with van der Waals surface area (Å²) in [6.45, 7) is -0.684. The maximum Gasteiger partial charge on any atom is 0.408 e. The number of rotatable bonds is 10. The van der Waals surface area contributed by atoms with Crippen molar-refractivity contribution in [2.75, 3.05) is 13.7 Å². The molecule has 160 valence electrons. The van der Waals surface area contributed by atoms with Gasteiger partial charge in [-0.05, 0) is 17.2 Å². The third-order valence-corrected chi connectivity index (χ3v) is 4.28. The van der Waals surface area contributed by atoms with Crippen LogP contribution in [0.1, 0.15) is 11.1 Å². The average Bonchev–Trinajstić information content (AvgIpc) is 2.76. The molecule has 0 aliphatic rings. The lowest BCUT2D eigenvalue weighted by molar-refractivity contribution is -0.129. The summed E-state index contributed by atoms with van der Waals surface area (Å²) in [5.41, 5.74) is 6.84. The fraction of sp³-hybridized carbons (Fsp3) is 0.286. The summed E-state index contributed by atoms with van der Waals surface area (Å²) >= 11 is 0. The van der Waals surface area contributed by atoms with Gasteiger partial charge < -0.3 is 30.9 Å². The van der Waals surface area contributed by atoms with Gasteiger partial charge in [-0.3, -0.25) is 9.59 Å². The van der Waals surface area contributed by atoms with Crippen molar-refractivity contribution in [3.63, 3.8) is 0 Å². The second-order valence-corrected chi connectivity index (χ2v) is 6.42. The van der Waals surface area contributed by atoms with Crippen molar-refractivity contribution in [1.82, 2.24) is 10.6 Å². The van der Waals surface area contributed by atoms with Crippen molar-refractivity contribution in [3.8, 4) is 5.75 Å². The summed E-state index contributed by atoms with van der Waals surface area (Å²) in [5, 5.41) is 14.2. The van der Waals surface area contributed by atoms with Crippen LogP contribution in [0.2, 0.25) is 0 Å². The normalized spacial score (nSPS) is 12.3. The Labute approximate surface area is 174 Å². The predicted octanol–water partition coefficient (Wildman–Crippen LogP) is 0.495. The zero-order valence-corrected chi connectivity index (χ0v) is 16.5. The summed E-state index contributed by atoms with van der Waals surface area (Å²) < 4.78 is 10.3. The van der Waals surface area contributed by atoms with Gasteiger partial charge in [0.15, 0.2) is 0 Å². The number of para-hydroxylation sites is 1. The minimum absolute atomic E-state index is 0.00412. The lowest BCUT2D eigenvalue weighted by Gasteiger charge is -2.21. The van der Waals surface area contributed by atoms with E-state index in [9.17, 15) is 19.5 Å². The summed E-state index contributed by atoms with van der Waals surface area (Å²) in [6.07, 6.45) is -0.796. The van der Waals surface area contributed by atoms with E-state index >= 15 is 0 Å². The zero-order chi connectivity index (χ0) is 21.9. The van der Waals surface area contributed by atoms with Crippen LogP contribution in [0.3, 0.4) is 0 Å².